The van der Waals surface area contributed by atoms with Gasteiger partial charge in [0.15, 0.2) is 5.96 Å². The molecule has 0 saturated carbocycles. The second kappa shape index (κ2) is 15.5. The average molecular weight is 387 g/mol. The molecule has 0 saturated heterocycles. The summed E-state index contributed by atoms with van der Waals surface area (Å²) in [6, 6.07) is 0. The first kappa shape index (κ1) is 20.7. The average Bonchev–Trinajstić information content (AvgIpc) is 2.37. The van der Waals surface area contributed by atoms with Gasteiger partial charge >= 0.3 is 5.97 Å². The lowest BCUT2D eigenvalue weighted by Crippen LogP contribution is -2.32. The molecular formula is C12H26IN3O3. The molecule has 0 fully saturated rings. The predicted molar refractivity (Wildman–Crippen MR) is 86.9 cm³/mol. The lowest BCUT2D eigenvalue weighted by molar-refractivity contribution is -0.140. The zero-order chi connectivity index (χ0) is 13.6. The summed E-state index contributed by atoms with van der Waals surface area (Å²) in [5, 5.41) is 3.00. The predicted octanol–water partition coefficient (Wildman–Crippen LogP) is 1.28. The van der Waals surface area contributed by atoms with Gasteiger partial charge in [0.05, 0.1) is 7.11 Å². The fourth-order valence-corrected chi connectivity index (χ4v) is 1.28. The van der Waals surface area contributed by atoms with Crippen molar-refractivity contribution in [3.63, 3.8) is 0 Å². The Balaban J connectivity index is 0. The van der Waals surface area contributed by atoms with E-state index in [9.17, 15) is 4.79 Å². The summed E-state index contributed by atoms with van der Waals surface area (Å²) in [4.78, 5) is 15.0. The standard InChI is InChI=1S/C12H25N3O3.HI/c1-3-18-10-6-9-15-12(13)14-8-5-4-7-11(16)17-2;/h3-10H2,1-2H3,(H3,13,14,15);1H. The third-order valence-electron chi connectivity index (χ3n) is 2.27. The summed E-state index contributed by atoms with van der Waals surface area (Å²) in [5.41, 5.74) is 5.66. The van der Waals surface area contributed by atoms with Crippen LogP contribution < -0.4 is 11.1 Å². The maximum atomic E-state index is 10.8. The smallest absolute Gasteiger partial charge is 0.305 e. The number of nitrogens with one attached hydrogen (secondary N) is 1. The lowest BCUT2D eigenvalue weighted by Gasteiger charge is -2.05. The number of hydrogen-bond acceptors (Lipinski definition) is 4. The molecular weight excluding hydrogens is 361 g/mol. The molecule has 0 aliphatic heterocycles. The van der Waals surface area contributed by atoms with E-state index in [0.717, 1.165) is 32.4 Å². The Morgan fingerprint density at radius 2 is 2.05 bits per heavy atom. The summed E-state index contributed by atoms with van der Waals surface area (Å²) < 4.78 is 9.73. The minimum atomic E-state index is -0.174. The fraction of sp³-hybridized carbons (Fsp3) is 0.833. The van der Waals surface area contributed by atoms with Crippen molar-refractivity contribution >= 4 is 35.9 Å². The topological polar surface area (TPSA) is 85.9 Å². The molecule has 0 aromatic carbocycles. The Hall–Kier alpha value is -0.570. The van der Waals surface area contributed by atoms with Crippen LogP contribution >= 0.6 is 24.0 Å². The van der Waals surface area contributed by atoms with Crippen LogP contribution in [0.4, 0.5) is 0 Å². The van der Waals surface area contributed by atoms with Gasteiger partial charge in [-0.25, -0.2) is 0 Å². The van der Waals surface area contributed by atoms with Crippen molar-refractivity contribution in [1.29, 1.82) is 0 Å². The van der Waals surface area contributed by atoms with E-state index >= 15 is 0 Å². The van der Waals surface area contributed by atoms with Crippen LogP contribution in [0.25, 0.3) is 0 Å². The SMILES string of the molecule is CCOCCCN=C(N)NCCCCC(=O)OC.I. The Kier molecular flexibility index (Phi) is 16.9. The third-order valence-corrected chi connectivity index (χ3v) is 2.27. The van der Waals surface area contributed by atoms with E-state index in [4.69, 9.17) is 10.5 Å². The minimum absolute atomic E-state index is 0. The number of esters is 1. The number of halogens is 1. The van der Waals surface area contributed by atoms with Crippen LogP contribution in [-0.2, 0) is 14.3 Å². The molecule has 0 amide bonds. The summed E-state index contributed by atoms with van der Waals surface area (Å²) >= 11 is 0. The first-order valence-corrected chi connectivity index (χ1v) is 6.39. The largest absolute Gasteiger partial charge is 0.469 e. The van der Waals surface area contributed by atoms with E-state index in [1.807, 2.05) is 6.92 Å². The fourth-order valence-electron chi connectivity index (χ4n) is 1.28. The van der Waals surface area contributed by atoms with Crippen molar-refractivity contribution in [3.8, 4) is 0 Å². The first-order chi connectivity index (χ1) is 8.70. The zero-order valence-corrected chi connectivity index (χ0v) is 14.1. The third kappa shape index (κ3) is 15.4. The van der Waals surface area contributed by atoms with Gasteiger partial charge in [-0.05, 0) is 26.2 Å². The number of carbonyl (C=O) groups excluding carboxylic acids is 1. The maximum Gasteiger partial charge on any atom is 0.305 e. The van der Waals surface area contributed by atoms with Gasteiger partial charge in [0.25, 0.3) is 0 Å². The molecule has 0 unspecified atom stereocenters. The van der Waals surface area contributed by atoms with Crippen LogP contribution in [0.1, 0.15) is 32.6 Å². The summed E-state index contributed by atoms with van der Waals surface area (Å²) in [6.07, 6.45) is 2.98. The van der Waals surface area contributed by atoms with Crippen molar-refractivity contribution in [3.05, 3.63) is 0 Å². The van der Waals surface area contributed by atoms with Crippen molar-refractivity contribution in [1.82, 2.24) is 5.32 Å². The molecule has 0 aliphatic carbocycles. The monoisotopic (exact) mass is 387 g/mol. The number of methoxy groups -OCH3 is 1. The molecule has 0 atom stereocenters. The zero-order valence-electron chi connectivity index (χ0n) is 11.8. The van der Waals surface area contributed by atoms with Gasteiger partial charge in [-0.3, -0.25) is 9.79 Å². The van der Waals surface area contributed by atoms with Gasteiger partial charge in [0, 0.05) is 32.7 Å². The van der Waals surface area contributed by atoms with Crippen LogP contribution in [0.15, 0.2) is 4.99 Å². The van der Waals surface area contributed by atoms with E-state index in [2.05, 4.69) is 15.0 Å². The second-order valence-corrected chi connectivity index (χ2v) is 3.78. The number of nitrogens with zero attached hydrogens (tertiary/aromatic N) is 1. The van der Waals surface area contributed by atoms with Gasteiger partial charge in [-0.15, -0.1) is 24.0 Å². The minimum Gasteiger partial charge on any atom is -0.469 e. The molecule has 0 heterocycles. The lowest BCUT2D eigenvalue weighted by atomic mass is 10.2. The Morgan fingerprint density at radius 3 is 2.68 bits per heavy atom. The van der Waals surface area contributed by atoms with E-state index in [-0.39, 0.29) is 29.9 Å². The Morgan fingerprint density at radius 1 is 1.32 bits per heavy atom. The molecule has 0 aromatic heterocycles. The molecule has 0 aromatic rings. The maximum absolute atomic E-state index is 10.8. The van der Waals surface area contributed by atoms with Crippen LogP contribution in [-0.4, -0.2) is 45.3 Å². The molecule has 0 radical (unpaired) electrons. The van der Waals surface area contributed by atoms with Crippen LogP contribution in [0.5, 0.6) is 0 Å². The van der Waals surface area contributed by atoms with E-state index in [1.165, 1.54) is 7.11 Å². The van der Waals surface area contributed by atoms with Crippen LogP contribution in [0, 0.1) is 0 Å². The molecule has 0 rings (SSSR count). The molecule has 0 bridgehead atoms. The van der Waals surface area contributed by atoms with Crippen molar-refractivity contribution in [2.24, 2.45) is 10.7 Å². The highest BCUT2D eigenvalue weighted by Crippen LogP contribution is 1.95. The quantitative estimate of drug-likeness (QED) is 0.194. The molecule has 7 heteroatoms. The second-order valence-electron chi connectivity index (χ2n) is 3.78. The van der Waals surface area contributed by atoms with Crippen LogP contribution in [0.3, 0.4) is 0 Å². The number of nitrogens with two attached hydrogens (primary N) is 1. The highest BCUT2D eigenvalue weighted by molar-refractivity contribution is 14.0. The molecule has 19 heavy (non-hydrogen) atoms. The number of unbranched alkanes of at least 4 members (excludes halogenated alkanes) is 1. The van der Waals surface area contributed by atoms with E-state index < -0.39 is 0 Å². The van der Waals surface area contributed by atoms with E-state index in [0.29, 0.717) is 25.5 Å². The Bertz CT molecular complexity index is 250. The van der Waals surface area contributed by atoms with Gasteiger partial charge in [-0.2, -0.15) is 0 Å². The number of aliphatic imine (C=N–C) groups is 1. The number of carbonyl (C=O) groups is 1. The normalized spacial score (nSPS) is 10.7. The number of ether oxygens (including phenoxy) is 2. The van der Waals surface area contributed by atoms with Crippen LogP contribution in [0.2, 0.25) is 0 Å². The molecule has 114 valence electrons. The molecule has 0 spiro atoms. The van der Waals surface area contributed by atoms with Gasteiger partial charge < -0.3 is 20.5 Å². The highest BCUT2D eigenvalue weighted by Gasteiger charge is 1.99. The Labute approximate surface area is 132 Å². The number of guanidine groups is 1. The van der Waals surface area contributed by atoms with Crippen molar-refractivity contribution in [2.75, 3.05) is 33.4 Å². The molecule has 0 aliphatic rings. The summed E-state index contributed by atoms with van der Waals surface area (Å²) in [6.45, 7) is 4.80. The summed E-state index contributed by atoms with van der Waals surface area (Å²) in [7, 11) is 1.40. The van der Waals surface area contributed by atoms with Gasteiger partial charge in [0.2, 0.25) is 0 Å². The van der Waals surface area contributed by atoms with Crippen molar-refractivity contribution < 1.29 is 14.3 Å². The highest BCUT2D eigenvalue weighted by atomic mass is 127. The first-order valence-electron chi connectivity index (χ1n) is 6.39. The van der Waals surface area contributed by atoms with E-state index in [1.54, 1.807) is 0 Å². The summed E-state index contributed by atoms with van der Waals surface area (Å²) in [5.74, 6) is 0.275. The number of hydrogen-bond donors (Lipinski definition) is 2. The van der Waals surface area contributed by atoms with Crippen molar-refractivity contribution in [2.45, 2.75) is 32.6 Å². The van der Waals surface area contributed by atoms with Gasteiger partial charge in [0.1, 0.15) is 0 Å². The van der Waals surface area contributed by atoms with Gasteiger partial charge in [-0.1, -0.05) is 0 Å². The molecule has 6 nitrogen and oxygen atoms in total. The number of rotatable bonds is 10. The molecule has 3 N–H and O–H groups in total.